The second-order valence-electron chi connectivity index (χ2n) is 5.49. The highest BCUT2D eigenvalue weighted by molar-refractivity contribution is 7.89. The number of halogens is 1. The number of nitrogens with zero attached hydrogens (tertiary/aromatic N) is 2. The van der Waals surface area contributed by atoms with Gasteiger partial charge in [-0.1, -0.05) is 29.3 Å². The summed E-state index contributed by atoms with van der Waals surface area (Å²) in [6.07, 6.45) is 0. The van der Waals surface area contributed by atoms with E-state index in [4.69, 9.17) is 20.8 Å². The summed E-state index contributed by atoms with van der Waals surface area (Å²) in [5.41, 5.74) is 1.87. The van der Waals surface area contributed by atoms with Gasteiger partial charge in [0.2, 0.25) is 21.8 Å². The lowest BCUT2D eigenvalue weighted by Crippen LogP contribution is -2.24. The van der Waals surface area contributed by atoms with Crippen molar-refractivity contribution in [2.45, 2.75) is 18.4 Å². The van der Waals surface area contributed by atoms with Crippen LogP contribution in [0.3, 0.4) is 0 Å². The van der Waals surface area contributed by atoms with E-state index in [0.717, 1.165) is 11.1 Å². The van der Waals surface area contributed by atoms with Crippen LogP contribution in [0.15, 0.2) is 51.8 Å². The van der Waals surface area contributed by atoms with Gasteiger partial charge < -0.3 is 9.15 Å². The Bertz CT molecular complexity index is 1020. The quantitative estimate of drug-likeness (QED) is 0.691. The van der Waals surface area contributed by atoms with Crippen LogP contribution in [0.2, 0.25) is 5.02 Å². The van der Waals surface area contributed by atoms with Gasteiger partial charge in [0.05, 0.1) is 13.7 Å². The van der Waals surface area contributed by atoms with E-state index in [9.17, 15) is 8.42 Å². The molecule has 3 rings (SSSR count). The normalized spacial score (nSPS) is 11.5. The molecule has 3 aromatic rings. The second-order valence-corrected chi connectivity index (χ2v) is 7.66. The maximum atomic E-state index is 12.5. The fourth-order valence-electron chi connectivity index (χ4n) is 2.23. The van der Waals surface area contributed by atoms with Crippen molar-refractivity contribution in [1.82, 2.24) is 14.9 Å². The van der Waals surface area contributed by atoms with E-state index >= 15 is 0 Å². The van der Waals surface area contributed by atoms with Gasteiger partial charge in [-0.25, -0.2) is 13.1 Å². The molecule has 0 amide bonds. The molecule has 136 valence electrons. The molecular formula is C17H16ClN3O4S. The van der Waals surface area contributed by atoms with Gasteiger partial charge in [0, 0.05) is 10.6 Å². The highest BCUT2D eigenvalue weighted by atomic mass is 35.5. The van der Waals surface area contributed by atoms with Crippen LogP contribution in [0.5, 0.6) is 5.75 Å². The van der Waals surface area contributed by atoms with Crippen LogP contribution in [0.4, 0.5) is 0 Å². The summed E-state index contributed by atoms with van der Waals surface area (Å²) in [4.78, 5) is -0.0641. The van der Waals surface area contributed by atoms with Gasteiger partial charge in [-0.05, 0) is 37.3 Å². The summed E-state index contributed by atoms with van der Waals surface area (Å²) in [6.45, 7) is 1.82. The molecule has 0 radical (unpaired) electrons. The molecule has 0 spiro atoms. The van der Waals surface area contributed by atoms with Gasteiger partial charge in [-0.15, -0.1) is 10.2 Å². The molecule has 0 fully saturated rings. The van der Waals surface area contributed by atoms with Crippen LogP contribution >= 0.6 is 11.6 Å². The van der Waals surface area contributed by atoms with E-state index in [-0.39, 0.29) is 28.1 Å². The summed E-state index contributed by atoms with van der Waals surface area (Å²) >= 11 is 5.89. The zero-order chi connectivity index (χ0) is 18.7. The Morgan fingerprint density at radius 3 is 2.58 bits per heavy atom. The number of methoxy groups -OCH3 is 1. The third kappa shape index (κ3) is 4.04. The van der Waals surface area contributed by atoms with Crippen LogP contribution in [-0.2, 0) is 16.6 Å². The molecule has 7 nitrogen and oxygen atoms in total. The van der Waals surface area contributed by atoms with E-state index in [1.165, 1.54) is 19.2 Å². The lowest BCUT2D eigenvalue weighted by Gasteiger charge is -2.10. The SMILES string of the molecule is COc1ccc(Cl)cc1S(=O)(=O)NCc1nnc(-c2ccc(C)cc2)o1. The van der Waals surface area contributed by atoms with Crippen LogP contribution in [0.25, 0.3) is 11.5 Å². The number of aromatic nitrogens is 2. The standard InChI is InChI=1S/C17H16ClN3O4S/c1-11-3-5-12(6-4-11)17-21-20-16(25-17)10-19-26(22,23)15-9-13(18)7-8-14(15)24-2/h3-9,19H,10H2,1-2H3. The van der Waals surface area contributed by atoms with Crippen molar-refractivity contribution < 1.29 is 17.6 Å². The first-order valence-electron chi connectivity index (χ1n) is 7.61. The van der Waals surface area contributed by atoms with E-state index in [1.54, 1.807) is 6.07 Å². The summed E-state index contributed by atoms with van der Waals surface area (Å²) in [6, 6.07) is 11.9. The predicted octanol–water partition coefficient (Wildman–Crippen LogP) is 3.19. The number of aryl methyl sites for hydroxylation is 1. The average Bonchev–Trinajstić information content (AvgIpc) is 3.10. The smallest absolute Gasteiger partial charge is 0.247 e. The number of ether oxygens (including phenoxy) is 1. The van der Waals surface area contributed by atoms with E-state index in [2.05, 4.69) is 14.9 Å². The maximum Gasteiger partial charge on any atom is 0.247 e. The summed E-state index contributed by atoms with van der Waals surface area (Å²) in [7, 11) is -2.49. The predicted molar refractivity (Wildman–Crippen MR) is 96.5 cm³/mol. The Labute approximate surface area is 156 Å². The van der Waals surface area contributed by atoms with Crippen molar-refractivity contribution in [2.75, 3.05) is 7.11 Å². The van der Waals surface area contributed by atoms with Crippen LogP contribution in [-0.4, -0.2) is 25.7 Å². The molecule has 0 unspecified atom stereocenters. The van der Waals surface area contributed by atoms with Gasteiger partial charge in [-0.2, -0.15) is 0 Å². The molecule has 1 aromatic heterocycles. The molecule has 1 N–H and O–H groups in total. The van der Waals surface area contributed by atoms with Crippen molar-refractivity contribution in [3.05, 3.63) is 58.9 Å². The van der Waals surface area contributed by atoms with E-state index in [0.29, 0.717) is 5.89 Å². The second kappa shape index (κ2) is 7.45. The Kier molecular flexibility index (Phi) is 5.26. The molecule has 9 heteroatoms. The number of hydrogen-bond donors (Lipinski definition) is 1. The van der Waals surface area contributed by atoms with Gasteiger partial charge in [0.15, 0.2) is 0 Å². The Morgan fingerprint density at radius 1 is 1.15 bits per heavy atom. The maximum absolute atomic E-state index is 12.5. The van der Waals surface area contributed by atoms with Crippen LogP contribution < -0.4 is 9.46 Å². The Balaban J connectivity index is 1.77. The van der Waals surface area contributed by atoms with Crippen molar-refractivity contribution >= 4 is 21.6 Å². The first-order valence-corrected chi connectivity index (χ1v) is 9.48. The first kappa shape index (κ1) is 18.4. The van der Waals surface area contributed by atoms with E-state index < -0.39 is 10.0 Å². The van der Waals surface area contributed by atoms with Crippen molar-refractivity contribution in [3.8, 4) is 17.2 Å². The zero-order valence-corrected chi connectivity index (χ0v) is 15.6. The summed E-state index contributed by atoms with van der Waals surface area (Å²) < 4.78 is 38.0. The molecule has 0 bridgehead atoms. The molecule has 26 heavy (non-hydrogen) atoms. The van der Waals surface area contributed by atoms with Crippen LogP contribution in [0, 0.1) is 6.92 Å². The number of rotatable bonds is 6. The molecule has 0 aliphatic heterocycles. The summed E-state index contributed by atoms with van der Waals surface area (Å²) in [5.74, 6) is 0.650. The molecule has 0 aliphatic carbocycles. The highest BCUT2D eigenvalue weighted by Gasteiger charge is 2.21. The highest BCUT2D eigenvalue weighted by Crippen LogP contribution is 2.27. The third-order valence-electron chi connectivity index (χ3n) is 3.59. The topological polar surface area (TPSA) is 94.3 Å². The Hall–Kier alpha value is -2.42. The van der Waals surface area contributed by atoms with Gasteiger partial charge in [-0.3, -0.25) is 0 Å². The number of hydrogen-bond acceptors (Lipinski definition) is 6. The molecule has 2 aromatic carbocycles. The number of nitrogens with one attached hydrogen (secondary N) is 1. The monoisotopic (exact) mass is 393 g/mol. The number of sulfonamides is 1. The van der Waals surface area contributed by atoms with E-state index in [1.807, 2.05) is 31.2 Å². The molecule has 0 saturated carbocycles. The van der Waals surface area contributed by atoms with Gasteiger partial charge in [0.1, 0.15) is 10.6 Å². The largest absolute Gasteiger partial charge is 0.495 e. The fraction of sp³-hybridized carbons (Fsp3) is 0.176. The zero-order valence-electron chi connectivity index (χ0n) is 14.1. The van der Waals surface area contributed by atoms with Crippen molar-refractivity contribution in [2.24, 2.45) is 0 Å². The summed E-state index contributed by atoms with van der Waals surface area (Å²) in [5, 5.41) is 8.09. The minimum absolute atomic E-state index is 0.0641. The fourth-order valence-corrected chi connectivity index (χ4v) is 3.64. The van der Waals surface area contributed by atoms with Gasteiger partial charge in [0.25, 0.3) is 0 Å². The van der Waals surface area contributed by atoms with Crippen LogP contribution in [0.1, 0.15) is 11.5 Å². The minimum Gasteiger partial charge on any atom is -0.495 e. The lowest BCUT2D eigenvalue weighted by molar-refractivity contribution is 0.402. The third-order valence-corrected chi connectivity index (χ3v) is 5.25. The average molecular weight is 394 g/mol. The van der Waals surface area contributed by atoms with Crippen molar-refractivity contribution in [3.63, 3.8) is 0 Å². The molecule has 1 heterocycles. The lowest BCUT2D eigenvalue weighted by atomic mass is 10.1. The molecule has 0 atom stereocenters. The number of benzene rings is 2. The molecular weight excluding hydrogens is 378 g/mol. The molecule has 0 saturated heterocycles. The van der Waals surface area contributed by atoms with Gasteiger partial charge >= 0.3 is 0 Å². The van der Waals surface area contributed by atoms with Crippen molar-refractivity contribution in [1.29, 1.82) is 0 Å². The minimum atomic E-state index is -3.87. The first-order chi connectivity index (χ1) is 12.4. The Morgan fingerprint density at radius 2 is 1.88 bits per heavy atom. The molecule has 0 aliphatic rings.